The molecule has 1 amide bonds. The SMILES string of the molecule is CCNC(=NCCN1CCCCC1CC)NCCNC(=O)C(C)(C)C. The molecule has 146 valence electrons. The van der Waals surface area contributed by atoms with E-state index < -0.39 is 0 Å². The summed E-state index contributed by atoms with van der Waals surface area (Å²) in [5, 5.41) is 9.52. The van der Waals surface area contributed by atoms with Crippen LogP contribution in [-0.4, -0.2) is 62.1 Å². The topological polar surface area (TPSA) is 68.8 Å². The molecule has 0 aliphatic carbocycles. The molecule has 0 spiro atoms. The Kier molecular flexibility index (Phi) is 9.86. The van der Waals surface area contributed by atoms with Crippen LogP contribution in [0.2, 0.25) is 0 Å². The predicted octanol–water partition coefficient (Wildman–Crippen LogP) is 1.97. The highest BCUT2D eigenvalue weighted by molar-refractivity contribution is 5.81. The van der Waals surface area contributed by atoms with Crippen LogP contribution in [0.15, 0.2) is 4.99 Å². The van der Waals surface area contributed by atoms with Crippen LogP contribution < -0.4 is 16.0 Å². The Labute approximate surface area is 154 Å². The number of carbonyl (C=O) groups excluding carboxylic acids is 1. The zero-order chi connectivity index (χ0) is 18.7. The van der Waals surface area contributed by atoms with Gasteiger partial charge >= 0.3 is 0 Å². The zero-order valence-corrected chi connectivity index (χ0v) is 17.0. The van der Waals surface area contributed by atoms with Crippen molar-refractivity contribution in [3.05, 3.63) is 0 Å². The van der Waals surface area contributed by atoms with Crippen molar-refractivity contribution in [1.82, 2.24) is 20.9 Å². The third-order valence-electron chi connectivity index (χ3n) is 4.61. The van der Waals surface area contributed by atoms with Gasteiger partial charge in [0.15, 0.2) is 5.96 Å². The lowest BCUT2D eigenvalue weighted by atomic mass is 9.96. The molecule has 25 heavy (non-hydrogen) atoms. The summed E-state index contributed by atoms with van der Waals surface area (Å²) in [6, 6.07) is 0.729. The minimum Gasteiger partial charge on any atom is -0.357 e. The molecule has 6 heteroatoms. The van der Waals surface area contributed by atoms with Gasteiger partial charge in [-0.25, -0.2) is 0 Å². The third-order valence-corrected chi connectivity index (χ3v) is 4.61. The van der Waals surface area contributed by atoms with E-state index >= 15 is 0 Å². The Morgan fingerprint density at radius 1 is 1.12 bits per heavy atom. The van der Waals surface area contributed by atoms with Gasteiger partial charge in [0.2, 0.25) is 5.91 Å². The summed E-state index contributed by atoms with van der Waals surface area (Å²) in [6.07, 6.45) is 5.23. The molecule has 0 aromatic heterocycles. The van der Waals surface area contributed by atoms with Gasteiger partial charge in [-0.3, -0.25) is 14.7 Å². The molecule has 1 aliphatic heterocycles. The van der Waals surface area contributed by atoms with Gasteiger partial charge in [0, 0.05) is 37.6 Å². The number of nitrogens with zero attached hydrogens (tertiary/aromatic N) is 2. The molecule has 1 fully saturated rings. The molecule has 0 radical (unpaired) electrons. The van der Waals surface area contributed by atoms with E-state index in [9.17, 15) is 4.79 Å². The van der Waals surface area contributed by atoms with Crippen LogP contribution in [0.1, 0.15) is 60.3 Å². The van der Waals surface area contributed by atoms with Crippen molar-refractivity contribution in [2.24, 2.45) is 10.4 Å². The fourth-order valence-electron chi connectivity index (χ4n) is 3.07. The lowest BCUT2D eigenvalue weighted by molar-refractivity contribution is -0.128. The summed E-state index contributed by atoms with van der Waals surface area (Å²) in [5.74, 6) is 0.907. The van der Waals surface area contributed by atoms with Crippen molar-refractivity contribution >= 4 is 11.9 Å². The van der Waals surface area contributed by atoms with E-state index in [1.807, 2.05) is 20.8 Å². The molecule has 6 nitrogen and oxygen atoms in total. The summed E-state index contributed by atoms with van der Waals surface area (Å²) in [6.45, 7) is 15.3. The second-order valence-corrected chi connectivity index (χ2v) is 7.79. The fourth-order valence-corrected chi connectivity index (χ4v) is 3.07. The van der Waals surface area contributed by atoms with Gasteiger partial charge in [0.05, 0.1) is 6.54 Å². The zero-order valence-electron chi connectivity index (χ0n) is 17.0. The van der Waals surface area contributed by atoms with Crippen LogP contribution in [0.5, 0.6) is 0 Å². The molecule has 1 saturated heterocycles. The lowest BCUT2D eigenvalue weighted by Gasteiger charge is -2.34. The second-order valence-electron chi connectivity index (χ2n) is 7.79. The number of hydrogen-bond donors (Lipinski definition) is 3. The third kappa shape index (κ3) is 8.56. The van der Waals surface area contributed by atoms with E-state index in [1.54, 1.807) is 0 Å². The van der Waals surface area contributed by atoms with Crippen molar-refractivity contribution in [3.63, 3.8) is 0 Å². The van der Waals surface area contributed by atoms with Crippen molar-refractivity contribution in [1.29, 1.82) is 0 Å². The van der Waals surface area contributed by atoms with Crippen LogP contribution in [0.3, 0.4) is 0 Å². The number of piperidine rings is 1. The molecule has 0 bridgehead atoms. The quantitative estimate of drug-likeness (QED) is 0.354. The molecule has 0 aromatic rings. The van der Waals surface area contributed by atoms with Crippen LogP contribution >= 0.6 is 0 Å². The normalized spacial score (nSPS) is 19.6. The summed E-state index contributed by atoms with van der Waals surface area (Å²) >= 11 is 0. The van der Waals surface area contributed by atoms with Crippen LogP contribution in [0, 0.1) is 5.41 Å². The van der Waals surface area contributed by atoms with Crippen LogP contribution in [-0.2, 0) is 4.79 Å². The maximum Gasteiger partial charge on any atom is 0.225 e. The summed E-state index contributed by atoms with van der Waals surface area (Å²) in [4.78, 5) is 19.1. The van der Waals surface area contributed by atoms with Crippen LogP contribution in [0.25, 0.3) is 0 Å². The number of nitrogens with one attached hydrogen (secondary N) is 3. The van der Waals surface area contributed by atoms with E-state index in [1.165, 1.54) is 32.2 Å². The van der Waals surface area contributed by atoms with E-state index in [0.717, 1.165) is 31.6 Å². The summed E-state index contributed by atoms with van der Waals surface area (Å²) in [7, 11) is 0. The van der Waals surface area contributed by atoms with Crippen molar-refractivity contribution in [2.75, 3.05) is 39.3 Å². The fraction of sp³-hybridized carbons (Fsp3) is 0.895. The molecule has 0 saturated carbocycles. The number of hydrogen-bond acceptors (Lipinski definition) is 3. The number of guanidine groups is 1. The average Bonchev–Trinajstić information content (AvgIpc) is 2.57. The molecular weight excluding hydrogens is 314 g/mol. The number of amides is 1. The molecule has 1 atom stereocenters. The Balaban J connectivity index is 2.34. The lowest BCUT2D eigenvalue weighted by Crippen LogP contribution is -2.44. The maximum absolute atomic E-state index is 11.9. The first-order valence-electron chi connectivity index (χ1n) is 9.93. The first-order valence-corrected chi connectivity index (χ1v) is 9.93. The van der Waals surface area contributed by atoms with Crippen molar-refractivity contribution in [2.45, 2.75) is 66.3 Å². The van der Waals surface area contributed by atoms with Crippen LogP contribution in [0.4, 0.5) is 0 Å². The molecule has 1 aliphatic rings. The number of rotatable bonds is 8. The minimum atomic E-state index is -0.344. The second kappa shape index (κ2) is 11.3. The van der Waals surface area contributed by atoms with E-state index in [-0.39, 0.29) is 11.3 Å². The molecular formula is C19H39N5O. The molecule has 3 N–H and O–H groups in total. The smallest absolute Gasteiger partial charge is 0.225 e. The average molecular weight is 354 g/mol. The van der Waals surface area contributed by atoms with Gasteiger partial charge in [-0.1, -0.05) is 34.1 Å². The summed E-state index contributed by atoms with van der Waals surface area (Å²) < 4.78 is 0. The minimum absolute atomic E-state index is 0.0759. The van der Waals surface area contributed by atoms with Gasteiger partial charge in [0.1, 0.15) is 0 Å². The Morgan fingerprint density at radius 2 is 1.84 bits per heavy atom. The monoisotopic (exact) mass is 353 g/mol. The van der Waals surface area contributed by atoms with E-state index in [0.29, 0.717) is 13.1 Å². The first-order chi connectivity index (χ1) is 11.9. The number of aliphatic imine (C=N–C) groups is 1. The Bertz CT molecular complexity index is 417. The van der Waals surface area contributed by atoms with Gasteiger partial charge in [-0.2, -0.15) is 0 Å². The summed E-state index contributed by atoms with van der Waals surface area (Å²) in [5.41, 5.74) is -0.344. The first kappa shape index (κ1) is 21.7. The molecule has 1 unspecified atom stereocenters. The maximum atomic E-state index is 11.9. The van der Waals surface area contributed by atoms with Gasteiger partial charge < -0.3 is 16.0 Å². The molecule has 1 heterocycles. The highest BCUT2D eigenvalue weighted by atomic mass is 16.2. The van der Waals surface area contributed by atoms with Gasteiger partial charge in [-0.15, -0.1) is 0 Å². The number of likely N-dealkylation sites (tertiary alicyclic amines) is 1. The highest BCUT2D eigenvalue weighted by Crippen LogP contribution is 2.18. The Hall–Kier alpha value is -1.30. The predicted molar refractivity (Wildman–Crippen MR) is 106 cm³/mol. The van der Waals surface area contributed by atoms with Gasteiger partial charge in [-0.05, 0) is 32.7 Å². The highest BCUT2D eigenvalue weighted by Gasteiger charge is 2.21. The standard InChI is InChI=1S/C19H39N5O/c1-6-16-10-8-9-14-24(16)15-13-23-18(20-7-2)22-12-11-21-17(25)19(3,4)5/h16H,6-15H2,1-5H3,(H,21,25)(H2,20,22,23). The largest absolute Gasteiger partial charge is 0.357 e. The van der Waals surface area contributed by atoms with E-state index in [2.05, 4.69) is 39.7 Å². The molecule has 1 rings (SSSR count). The van der Waals surface area contributed by atoms with Crippen molar-refractivity contribution < 1.29 is 4.79 Å². The van der Waals surface area contributed by atoms with Crippen molar-refractivity contribution in [3.8, 4) is 0 Å². The Morgan fingerprint density at radius 3 is 2.48 bits per heavy atom. The van der Waals surface area contributed by atoms with E-state index in [4.69, 9.17) is 0 Å². The van der Waals surface area contributed by atoms with Gasteiger partial charge in [0.25, 0.3) is 0 Å². The molecule has 0 aromatic carbocycles. The number of carbonyl (C=O) groups is 1.